The van der Waals surface area contributed by atoms with Gasteiger partial charge in [0.2, 0.25) is 0 Å². The van der Waals surface area contributed by atoms with Gasteiger partial charge in [-0.25, -0.2) is 9.59 Å². The van der Waals surface area contributed by atoms with Crippen LogP contribution < -0.4 is 10.6 Å². The summed E-state index contributed by atoms with van der Waals surface area (Å²) in [4.78, 5) is 27.7. The van der Waals surface area contributed by atoms with Gasteiger partial charge in [0, 0.05) is 23.3 Å². The highest BCUT2D eigenvalue weighted by molar-refractivity contribution is 7.10. The van der Waals surface area contributed by atoms with Crippen molar-refractivity contribution in [3.8, 4) is 0 Å². The van der Waals surface area contributed by atoms with Crippen molar-refractivity contribution in [3.63, 3.8) is 0 Å². The van der Waals surface area contributed by atoms with Gasteiger partial charge in [-0.1, -0.05) is 12.1 Å². The number of hydrogen-bond acceptors (Lipinski definition) is 4. The van der Waals surface area contributed by atoms with Crippen molar-refractivity contribution < 1.29 is 14.7 Å². The first-order chi connectivity index (χ1) is 10.1. The molecule has 21 heavy (non-hydrogen) atoms. The Kier molecular flexibility index (Phi) is 4.89. The second kappa shape index (κ2) is 6.85. The molecule has 0 radical (unpaired) electrons. The maximum Gasteiger partial charge on any atom is 0.331 e. The van der Waals surface area contributed by atoms with E-state index in [0.29, 0.717) is 4.88 Å². The Hall–Kier alpha value is -2.41. The number of nitrogens with zero attached hydrogens (tertiary/aromatic N) is 1. The number of thiophene rings is 1. The molecule has 0 aromatic carbocycles. The molecule has 0 saturated heterocycles. The third-order valence-corrected chi connectivity index (χ3v) is 3.71. The van der Waals surface area contributed by atoms with Crippen LogP contribution in [0.15, 0.2) is 35.8 Å². The lowest BCUT2D eigenvalue weighted by atomic mass is 10.2. The van der Waals surface area contributed by atoms with Gasteiger partial charge in [0.25, 0.3) is 0 Å². The fourth-order valence-electron chi connectivity index (χ4n) is 1.68. The van der Waals surface area contributed by atoms with Gasteiger partial charge >= 0.3 is 12.0 Å². The van der Waals surface area contributed by atoms with Crippen LogP contribution in [0.4, 0.5) is 4.79 Å². The molecule has 0 aliphatic rings. The SMILES string of the molecule is Cc1ccc(CNC(=O)NC(C(=O)O)c2cccs2)cn1. The first kappa shape index (κ1) is 15.0. The molecule has 2 heterocycles. The van der Waals surface area contributed by atoms with Gasteiger partial charge in [-0.2, -0.15) is 0 Å². The third-order valence-electron chi connectivity index (χ3n) is 2.78. The molecule has 3 N–H and O–H groups in total. The Morgan fingerprint density at radius 1 is 1.38 bits per heavy atom. The van der Waals surface area contributed by atoms with Gasteiger partial charge in [-0.15, -0.1) is 11.3 Å². The zero-order chi connectivity index (χ0) is 15.2. The number of carboxylic acids is 1. The molecule has 2 amide bonds. The molecule has 0 aliphatic carbocycles. The van der Waals surface area contributed by atoms with Gasteiger partial charge in [0.15, 0.2) is 6.04 Å². The lowest BCUT2D eigenvalue weighted by Gasteiger charge is -2.13. The van der Waals surface area contributed by atoms with E-state index in [0.717, 1.165) is 11.3 Å². The number of carboxylic acid groups (broad SMARTS) is 1. The van der Waals surface area contributed by atoms with Crippen LogP contribution >= 0.6 is 11.3 Å². The number of aryl methyl sites for hydroxylation is 1. The van der Waals surface area contributed by atoms with Crippen LogP contribution in [0.2, 0.25) is 0 Å². The Balaban J connectivity index is 1.91. The van der Waals surface area contributed by atoms with Crippen LogP contribution in [0, 0.1) is 6.92 Å². The standard InChI is InChI=1S/C14H15N3O3S/c1-9-4-5-10(7-15-9)8-16-14(20)17-12(13(18)19)11-3-2-6-21-11/h2-7,12H,8H2,1H3,(H,18,19)(H2,16,17,20). The number of pyridine rings is 1. The van der Waals surface area contributed by atoms with Crippen LogP contribution in [0.1, 0.15) is 22.2 Å². The van der Waals surface area contributed by atoms with E-state index >= 15 is 0 Å². The van der Waals surface area contributed by atoms with Gasteiger partial charge in [-0.3, -0.25) is 4.98 Å². The summed E-state index contributed by atoms with van der Waals surface area (Å²) in [6, 6.07) is 5.55. The number of aromatic nitrogens is 1. The van der Waals surface area contributed by atoms with Crippen molar-refractivity contribution in [1.29, 1.82) is 0 Å². The average Bonchev–Trinajstić information content (AvgIpc) is 2.97. The largest absolute Gasteiger partial charge is 0.479 e. The van der Waals surface area contributed by atoms with E-state index in [1.54, 1.807) is 23.7 Å². The fourth-order valence-corrected chi connectivity index (χ4v) is 2.44. The van der Waals surface area contributed by atoms with E-state index in [1.165, 1.54) is 11.3 Å². The monoisotopic (exact) mass is 305 g/mol. The molecule has 1 unspecified atom stereocenters. The third kappa shape index (κ3) is 4.28. The Labute approximate surface area is 125 Å². The molecule has 7 heteroatoms. The Morgan fingerprint density at radius 3 is 2.76 bits per heavy atom. The van der Waals surface area contributed by atoms with E-state index in [-0.39, 0.29) is 6.54 Å². The highest BCUT2D eigenvalue weighted by atomic mass is 32.1. The highest BCUT2D eigenvalue weighted by Crippen LogP contribution is 2.18. The van der Waals surface area contributed by atoms with Crippen LogP contribution in [0.3, 0.4) is 0 Å². The summed E-state index contributed by atoms with van der Waals surface area (Å²) in [5.74, 6) is -1.09. The molecule has 110 valence electrons. The first-order valence-electron chi connectivity index (χ1n) is 6.28. The second-order valence-corrected chi connectivity index (χ2v) is 5.40. The number of nitrogens with one attached hydrogen (secondary N) is 2. The zero-order valence-corrected chi connectivity index (χ0v) is 12.2. The second-order valence-electron chi connectivity index (χ2n) is 4.42. The molecule has 2 aromatic heterocycles. The maximum absolute atomic E-state index is 11.8. The molecule has 0 spiro atoms. The predicted molar refractivity (Wildman–Crippen MR) is 79.0 cm³/mol. The molecule has 0 fully saturated rings. The van der Waals surface area contributed by atoms with Crippen LogP contribution in [0.5, 0.6) is 0 Å². The van der Waals surface area contributed by atoms with E-state index in [9.17, 15) is 9.59 Å². The minimum Gasteiger partial charge on any atom is -0.479 e. The number of aliphatic carboxylic acids is 1. The maximum atomic E-state index is 11.8. The molecule has 0 bridgehead atoms. The Morgan fingerprint density at radius 2 is 2.19 bits per heavy atom. The number of carbonyl (C=O) groups is 2. The van der Waals surface area contributed by atoms with E-state index < -0.39 is 18.0 Å². The molecule has 2 aromatic rings. The normalized spacial score (nSPS) is 11.7. The quantitative estimate of drug-likeness (QED) is 0.788. The summed E-state index contributed by atoms with van der Waals surface area (Å²) >= 11 is 1.28. The summed E-state index contributed by atoms with van der Waals surface area (Å²) in [5.41, 5.74) is 1.74. The van der Waals surface area contributed by atoms with Crippen LogP contribution in [-0.2, 0) is 11.3 Å². The number of hydrogen-bond donors (Lipinski definition) is 3. The lowest BCUT2D eigenvalue weighted by molar-refractivity contribution is -0.139. The summed E-state index contributed by atoms with van der Waals surface area (Å²) < 4.78 is 0. The van der Waals surface area contributed by atoms with Crippen molar-refractivity contribution in [2.45, 2.75) is 19.5 Å². The van der Waals surface area contributed by atoms with Crippen LogP contribution in [-0.4, -0.2) is 22.1 Å². The summed E-state index contributed by atoms with van der Waals surface area (Å²) in [6.45, 7) is 2.16. The first-order valence-corrected chi connectivity index (χ1v) is 7.16. The van der Waals surface area contributed by atoms with Crippen molar-refractivity contribution in [2.75, 3.05) is 0 Å². The van der Waals surface area contributed by atoms with Gasteiger partial charge in [0.1, 0.15) is 0 Å². The number of carbonyl (C=O) groups excluding carboxylic acids is 1. The lowest BCUT2D eigenvalue weighted by Crippen LogP contribution is -2.40. The van der Waals surface area contributed by atoms with Gasteiger partial charge in [-0.05, 0) is 30.0 Å². The van der Waals surface area contributed by atoms with E-state index in [4.69, 9.17) is 5.11 Å². The van der Waals surface area contributed by atoms with Crippen LogP contribution in [0.25, 0.3) is 0 Å². The highest BCUT2D eigenvalue weighted by Gasteiger charge is 2.22. The van der Waals surface area contributed by atoms with Crippen molar-refractivity contribution in [3.05, 3.63) is 52.0 Å². The molecular weight excluding hydrogens is 290 g/mol. The molecule has 6 nitrogen and oxygen atoms in total. The topological polar surface area (TPSA) is 91.3 Å². The van der Waals surface area contributed by atoms with E-state index in [1.807, 2.05) is 19.1 Å². The van der Waals surface area contributed by atoms with Crippen molar-refractivity contribution >= 4 is 23.3 Å². The summed E-state index contributed by atoms with van der Waals surface area (Å²) in [7, 11) is 0. The van der Waals surface area contributed by atoms with Gasteiger partial charge < -0.3 is 15.7 Å². The molecular formula is C14H15N3O3S. The molecule has 2 rings (SSSR count). The predicted octanol–water partition coefficient (Wildman–Crippen LogP) is 2.08. The average molecular weight is 305 g/mol. The summed E-state index contributed by atoms with van der Waals surface area (Å²) in [5, 5.41) is 16.0. The van der Waals surface area contributed by atoms with Gasteiger partial charge in [0.05, 0.1) is 0 Å². The smallest absolute Gasteiger partial charge is 0.331 e. The number of rotatable bonds is 5. The Bertz CT molecular complexity index is 611. The molecule has 0 aliphatic heterocycles. The minimum absolute atomic E-state index is 0.288. The fraction of sp³-hybridized carbons (Fsp3) is 0.214. The van der Waals surface area contributed by atoms with Crippen molar-refractivity contribution in [2.24, 2.45) is 0 Å². The van der Waals surface area contributed by atoms with E-state index in [2.05, 4.69) is 15.6 Å². The number of amides is 2. The zero-order valence-electron chi connectivity index (χ0n) is 11.4. The molecule has 0 saturated carbocycles. The summed E-state index contributed by atoms with van der Waals surface area (Å²) in [6.07, 6.45) is 1.67. The van der Waals surface area contributed by atoms with Crippen molar-refractivity contribution in [1.82, 2.24) is 15.6 Å². The number of urea groups is 1. The minimum atomic E-state index is -1.09. The molecule has 1 atom stereocenters.